The van der Waals surface area contributed by atoms with E-state index in [2.05, 4.69) is 10.6 Å². The Kier molecular flexibility index (Phi) is 4.66. The zero-order valence-electron chi connectivity index (χ0n) is 11.8. The highest BCUT2D eigenvalue weighted by Crippen LogP contribution is 2.33. The van der Waals surface area contributed by atoms with Gasteiger partial charge in [0.1, 0.15) is 11.4 Å². The van der Waals surface area contributed by atoms with Crippen molar-refractivity contribution in [2.75, 3.05) is 29.5 Å². The normalized spacial score (nSPS) is 20.1. The van der Waals surface area contributed by atoms with Crippen molar-refractivity contribution < 1.29 is 13.3 Å². The summed E-state index contributed by atoms with van der Waals surface area (Å²) in [6, 6.07) is 4.94. The third-order valence-electron chi connectivity index (χ3n) is 3.57. The molecule has 21 heavy (non-hydrogen) atoms. The molecule has 1 heterocycles. The van der Waals surface area contributed by atoms with Gasteiger partial charge in [0.15, 0.2) is 9.84 Å². The summed E-state index contributed by atoms with van der Waals surface area (Å²) in [5, 5.41) is 16.7. The first kappa shape index (κ1) is 15.6. The van der Waals surface area contributed by atoms with E-state index in [1.165, 1.54) is 0 Å². The summed E-state index contributed by atoms with van der Waals surface area (Å²) in [5.74, 6) is 0.207. The fourth-order valence-electron chi connectivity index (χ4n) is 2.53. The van der Waals surface area contributed by atoms with Crippen LogP contribution in [0.25, 0.3) is 0 Å². The molecule has 1 saturated heterocycles. The lowest BCUT2D eigenvalue weighted by molar-refractivity contribution is -0.383. The molecule has 0 radical (unpaired) electrons. The largest absolute Gasteiger partial charge is 0.380 e. The lowest BCUT2D eigenvalue weighted by atomic mass is 10.2. The van der Waals surface area contributed by atoms with E-state index < -0.39 is 20.0 Å². The molecular formula is C13H19N3O4S. The number of nitro groups is 1. The van der Waals surface area contributed by atoms with Crippen molar-refractivity contribution in [1.29, 1.82) is 0 Å². The lowest BCUT2D eigenvalue weighted by Crippen LogP contribution is -2.25. The van der Waals surface area contributed by atoms with Crippen LogP contribution < -0.4 is 10.6 Å². The Labute approximate surface area is 123 Å². The van der Waals surface area contributed by atoms with Crippen molar-refractivity contribution in [2.24, 2.45) is 0 Å². The summed E-state index contributed by atoms with van der Waals surface area (Å²) in [6.45, 7) is 2.63. The van der Waals surface area contributed by atoms with E-state index in [4.69, 9.17) is 0 Å². The number of nitrogens with zero attached hydrogens (tertiary/aromatic N) is 1. The van der Waals surface area contributed by atoms with Gasteiger partial charge < -0.3 is 10.6 Å². The second kappa shape index (κ2) is 6.30. The summed E-state index contributed by atoms with van der Waals surface area (Å²) < 4.78 is 23.6. The lowest BCUT2D eigenvalue weighted by Gasteiger charge is -2.13. The molecule has 0 aliphatic carbocycles. The van der Waals surface area contributed by atoms with Gasteiger partial charge in [0.05, 0.1) is 15.9 Å². The zero-order valence-corrected chi connectivity index (χ0v) is 12.6. The number of hydrogen-bond acceptors (Lipinski definition) is 6. The first-order chi connectivity index (χ1) is 9.95. The van der Waals surface area contributed by atoms with Crippen LogP contribution in [-0.4, -0.2) is 37.4 Å². The molecule has 0 aromatic heterocycles. The van der Waals surface area contributed by atoms with Crippen LogP contribution in [0.3, 0.4) is 0 Å². The van der Waals surface area contributed by atoms with Crippen LogP contribution in [-0.2, 0) is 9.84 Å². The number of benzene rings is 1. The van der Waals surface area contributed by atoms with Crippen LogP contribution in [0.1, 0.15) is 19.8 Å². The van der Waals surface area contributed by atoms with Crippen molar-refractivity contribution in [3.8, 4) is 0 Å². The van der Waals surface area contributed by atoms with E-state index >= 15 is 0 Å². The van der Waals surface area contributed by atoms with Crippen molar-refractivity contribution in [3.05, 3.63) is 28.3 Å². The van der Waals surface area contributed by atoms with Crippen molar-refractivity contribution >= 4 is 26.9 Å². The number of anilines is 2. The molecule has 2 N–H and O–H groups in total. The third kappa shape index (κ3) is 3.44. The van der Waals surface area contributed by atoms with Gasteiger partial charge in [0, 0.05) is 13.1 Å². The Hall–Kier alpha value is -1.83. The van der Waals surface area contributed by atoms with Crippen LogP contribution in [0, 0.1) is 10.1 Å². The highest BCUT2D eigenvalue weighted by Gasteiger charge is 2.31. The maximum absolute atomic E-state index is 11.8. The van der Waals surface area contributed by atoms with Crippen molar-refractivity contribution in [2.45, 2.75) is 25.0 Å². The highest BCUT2D eigenvalue weighted by molar-refractivity contribution is 7.92. The predicted octanol–water partition coefficient (Wildman–Crippen LogP) is 2.02. The monoisotopic (exact) mass is 313 g/mol. The summed E-state index contributed by atoms with van der Waals surface area (Å²) in [7, 11) is -3.06. The highest BCUT2D eigenvalue weighted by atomic mass is 32.2. The molecule has 8 heteroatoms. The van der Waals surface area contributed by atoms with Gasteiger partial charge >= 0.3 is 5.69 Å². The van der Waals surface area contributed by atoms with E-state index in [1.807, 2.05) is 6.92 Å². The molecule has 0 spiro atoms. The quantitative estimate of drug-likeness (QED) is 0.615. The second-order valence-electron chi connectivity index (χ2n) is 5.00. The summed E-state index contributed by atoms with van der Waals surface area (Å²) in [6.07, 6.45) is 1.27. The van der Waals surface area contributed by atoms with Crippen LogP contribution in [0.5, 0.6) is 0 Å². The maximum atomic E-state index is 11.8. The topological polar surface area (TPSA) is 101 Å². The Balaban J connectivity index is 2.20. The Morgan fingerprint density at radius 3 is 2.52 bits per heavy atom. The summed E-state index contributed by atoms with van der Waals surface area (Å²) in [5.41, 5.74) is 0.733. The van der Waals surface area contributed by atoms with Gasteiger partial charge in [-0.3, -0.25) is 10.1 Å². The SMILES string of the molecule is CCNc1cccc(NCC2CCCS2(=O)=O)c1[N+](=O)[O-]. The van der Waals surface area contributed by atoms with Crippen LogP contribution in [0.4, 0.5) is 17.1 Å². The number of hydrogen-bond donors (Lipinski definition) is 2. The average Bonchev–Trinajstić information content (AvgIpc) is 2.75. The molecule has 1 atom stereocenters. The minimum atomic E-state index is -3.06. The summed E-state index contributed by atoms with van der Waals surface area (Å²) >= 11 is 0. The van der Waals surface area contributed by atoms with Crippen molar-refractivity contribution in [3.63, 3.8) is 0 Å². The van der Waals surface area contributed by atoms with Gasteiger partial charge in [-0.2, -0.15) is 0 Å². The molecular weight excluding hydrogens is 294 g/mol. The molecule has 0 amide bonds. The number of nitro benzene ring substituents is 1. The van der Waals surface area contributed by atoms with E-state index in [0.29, 0.717) is 30.8 Å². The second-order valence-corrected chi connectivity index (χ2v) is 7.40. The molecule has 2 rings (SSSR count). The van der Waals surface area contributed by atoms with Gasteiger partial charge in [0.2, 0.25) is 0 Å². The molecule has 1 unspecified atom stereocenters. The fourth-order valence-corrected chi connectivity index (χ4v) is 4.29. The molecule has 7 nitrogen and oxygen atoms in total. The minimum Gasteiger partial charge on any atom is -0.380 e. The Bertz CT molecular complexity index is 630. The van der Waals surface area contributed by atoms with Crippen LogP contribution in [0.15, 0.2) is 18.2 Å². The standard InChI is InChI=1S/C13H19N3O4S/c1-2-14-11-6-3-7-12(13(11)16(17)18)15-9-10-5-4-8-21(10,19)20/h3,6-7,10,14-15H,2,4-5,8-9H2,1H3. The molecule has 116 valence electrons. The molecule has 1 aliphatic heterocycles. The Morgan fingerprint density at radius 2 is 2.00 bits per heavy atom. The zero-order chi connectivity index (χ0) is 15.5. The molecule has 1 aromatic rings. The summed E-state index contributed by atoms with van der Waals surface area (Å²) in [4.78, 5) is 10.8. The van der Waals surface area contributed by atoms with Gasteiger partial charge in [-0.15, -0.1) is 0 Å². The van der Waals surface area contributed by atoms with Crippen molar-refractivity contribution in [1.82, 2.24) is 0 Å². The molecule has 1 fully saturated rings. The molecule has 1 aliphatic rings. The molecule has 0 saturated carbocycles. The van der Waals surface area contributed by atoms with Gasteiger partial charge in [-0.05, 0) is 31.9 Å². The van der Waals surface area contributed by atoms with Crippen LogP contribution >= 0.6 is 0 Å². The number of nitrogens with one attached hydrogen (secondary N) is 2. The Morgan fingerprint density at radius 1 is 1.33 bits per heavy atom. The average molecular weight is 313 g/mol. The number of sulfone groups is 1. The minimum absolute atomic E-state index is 0.0465. The maximum Gasteiger partial charge on any atom is 0.315 e. The predicted molar refractivity (Wildman–Crippen MR) is 82.6 cm³/mol. The number of rotatable bonds is 6. The molecule has 1 aromatic carbocycles. The van der Waals surface area contributed by atoms with E-state index in [9.17, 15) is 18.5 Å². The van der Waals surface area contributed by atoms with E-state index in [-0.39, 0.29) is 18.0 Å². The van der Waals surface area contributed by atoms with Gasteiger partial charge in [-0.1, -0.05) is 6.07 Å². The first-order valence-corrected chi connectivity index (χ1v) is 8.64. The number of para-hydroxylation sites is 1. The fraction of sp³-hybridized carbons (Fsp3) is 0.538. The van der Waals surface area contributed by atoms with Gasteiger partial charge in [-0.25, -0.2) is 8.42 Å². The first-order valence-electron chi connectivity index (χ1n) is 6.92. The van der Waals surface area contributed by atoms with Gasteiger partial charge in [0.25, 0.3) is 0 Å². The smallest absolute Gasteiger partial charge is 0.315 e. The molecule has 0 bridgehead atoms. The van der Waals surface area contributed by atoms with E-state index in [0.717, 1.165) is 0 Å². The third-order valence-corrected chi connectivity index (χ3v) is 5.84. The van der Waals surface area contributed by atoms with E-state index in [1.54, 1.807) is 18.2 Å². The van der Waals surface area contributed by atoms with Crippen LogP contribution in [0.2, 0.25) is 0 Å².